The summed E-state index contributed by atoms with van der Waals surface area (Å²) in [7, 11) is 0. The number of carboxylic acids is 1. The van der Waals surface area contributed by atoms with Crippen LogP contribution in [0.25, 0.3) is 0 Å². The minimum atomic E-state index is -1.30. The van der Waals surface area contributed by atoms with E-state index in [9.17, 15) is 14.4 Å². The van der Waals surface area contributed by atoms with Gasteiger partial charge in [-0.3, -0.25) is 14.4 Å². The van der Waals surface area contributed by atoms with Crippen molar-refractivity contribution in [3.63, 3.8) is 0 Å². The molecule has 1 atom stereocenters. The average molecular weight is 190 g/mol. The topological polar surface area (TPSA) is 101 Å². The number of aliphatic hydroxyl groups is 1. The Morgan fingerprint density at radius 2 is 1.92 bits per heavy atom. The Balaban J connectivity index is 4.01. The molecule has 0 rings (SSSR count). The molecule has 0 spiro atoms. The summed E-state index contributed by atoms with van der Waals surface area (Å²) in [5.41, 5.74) is 0. The maximum atomic E-state index is 10.7. The molecule has 0 aromatic rings. The van der Waals surface area contributed by atoms with Crippen LogP contribution >= 0.6 is 0 Å². The summed E-state index contributed by atoms with van der Waals surface area (Å²) in [6, 6.07) is 0. The number of aliphatic hydroxyl groups excluding tert-OH is 1. The first-order chi connectivity index (χ1) is 5.97. The Labute approximate surface area is 74.1 Å². The molecule has 0 bridgehead atoms. The van der Waals surface area contributed by atoms with Crippen LogP contribution in [0.5, 0.6) is 0 Å². The lowest BCUT2D eigenvalue weighted by Gasteiger charge is -2.06. The zero-order valence-electron chi connectivity index (χ0n) is 7.02. The van der Waals surface area contributed by atoms with E-state index >= 15 is 0 Å². The molecule has 0 fully saturated rings. The molecular formula is C7H10O6. The predicted octanol–water partition coefficient (Wildman–Crippen LogP) is -0.841. The van der Waals surface area contributed by atoms with Crippen molar-refractivity contribution in [1.82, 2.24) is 0 Å². The second-order valence-corrected chi connectivity index (χ2v) is 2.39. The van der Waals surface area contributed by atoms with Crippen LogP contribution in [0.1, 0.15) is 13.3 Å². The van der Waals surface area contributed by atoms with E-state index < -0.39 is 36.9 Å². The highest BCUT2D eigenvalue weighted by molar-refractivity contribution is 5.86. The quantitative estimate of drug-likeness (QED) is 0.442. The van der Waals surface area contributed by atoms with Gasteiger partial charge in [-0.25, -0.2) is 0 Å². The number of aliphatic carboxylic acids is 1. The summed E-state index contributed by atoms with van der Waals surface area (Å²) in [5, 5.41) is 16.9. The molecule has 2 N–H and O–H groups in total. The van der Waals surface area contributed by atoms with Crippen LogP contribution in [0, 0.1) is 5.92 Å². The van der Waals surface area contributed by atoms with Crippen molar-refractivity contribution in [2.75, 3.05) is 6.61 Å². The lowest BCUT2D eigenvalue weighted by atomic mass is 10.1. The smallest absolute Gasteiger partial charge is 0.314 e. The van der Waals surface area contributed by atoms with Crippen molar-refractivity contribution in [2.45, 2.75) is 13.3 Å². The normalized spacial score (nSPS) is 11.8. The summed E-state index contributed by atoms with van der Waals surface area (Å²) >= 11 is 0. The first-order valence-electron chi connectivity index (χ1n) is 3.52. The Morgan fingerprint density at radius 1 is 1.38 bits per heavy atom. The first-order valence-corrected chi connectivity index (χ1v) is 3.52. The maximum Gasteiger partial charge on any atom is 0.314 e. The van der Waals surface area contributed by atoms with Crippen molar-refractivity contribution in [3.8, 4) is 0 Å². The first kappa shape index (κ1) is 11.6. The third-order valence-corrected chi connectivity index (χ3v) is 1.24. The second kappa shape index (κ2) is 5.26. The molecule has 0 radical (unpaired) electrons. The molecule has 0 saturated heterocycles. The van der Waals surface area contributed by atoms with E-state index in [0.717, 1.165) is 6.92 Å². The number of rotatable bonds is 4. The van der Waals surface area contributed by atoms with Gasteiger partial charge in [0.05, 0.1) is 18.9 Å². The van der Waals surface area contributed by atoms with Crippen LogP contribution in [0.2, 0.25) is 0 Å². The van der Waals surface area contributed by atoms with E-state index in [4.69, 9.17) is 10.2 Å². The molecule has 0 saturated carbocycles. The third kappa shape index (κ3) is 4.91. The predicted molar refractivity (Wildman–Crippen MR) is 39.6 cm³/mol. The Bertz CT molecular complexity index is 221. The van der Waals surface area contributed by atoms with Crippen molar-refractivity contribution >= 4 is 17.9 Å². The molecule has 0 aliphatic heterocycles. The van der Waals surface area contributed by atoms with Gasteiger partial charge >= 0.3 is 17.9 Å². The number of ether oxygens (including phenoxy) is 1. The molecule has 6 nitrogen and oxygen atoms in total. The fourth-order valence-corrected chi connectivity index (χ4v) is 0.633. The van der Waals surface area contributed by atoms with E-state index in [1.54, 1.807) is 0 Å². The lowest BCUT2D eigenvalue weighted by Crippen LogP contribution is -2.23. The SMILES string of the molecule is CC(=O)OC(=O)C[C@@H](CO)C(=O)O. The van der Waals surface area contributed by atoms with Crippen LogP contribution in [0.15, 0.2) is 0 Å². The van der Waals surface area contributed by atoms with Crippen molar-refractivity contribution in [1.29, 1.82) is 0 Å². The van der Waals surface area contributed by atoms with Gasteiger partial charge in [-0.2, -0.15) is 0 Å². The lowest BCUT2D eigenvalue weighted by molar-refractivity contribution is -0.161. The molecule has 74 valence electrons. The molecule has 6 heteroatoms. The van der Waals surface area contributed by atoms with Gasteiger partial charge in [0, 0.05) is 6.92 Å². The number of carbonyl (C=O) groups excluding carboxylic acids is 2. The van der Waals surface area contributed by atoms with Crippen LogP contribution in [0.3, 0.4) is 0 Å². The van der Waals surface area contributed by atoms with Crippen molar-refractivity contribution < 1.29 is 29.3 Å². The number of hydrogen-bond acceptors (Lipinski definition) is 5. The minimum absolute atomic E-state index is 0.509. The van der Waals surface area contributed by atoms with E-state index in [-0.39, 0.29) is 0 Å². The van der Waals surface area contributed by atoms with Crippen LogP contribution in [0.4, 0.5) is 0 Å². The number of carbonyl (C=O) groups is 3. The highest BCUT2D eigenvalue weighted by atomic mass is 16.6. The molecule has 0 aromatic carbocycles. The standard InChI is InChI=1S/C7H10O6/c1-4(9)13-6(10)2-5(3-8)7(11)12/h5,8H,2-3H2,1H3,(H,11,12)/t5-/m0/s1. The van der Waals surface area contributed by atoms with Gasteiger partial charge in [-0.05, 0) is 0 Å². The van der Waals surface area contributed by atoms with Crippen molar-refractivity contribution in [3.05, 3.63) is 0 Å². The second-order valence-electron chi connectivity index (χ2n) is 2.39. The molecule has 0 aromatic heterocycles. The van der Waals surface area contributed by atoms with Gasteiger partial charge < -0.3 is 14.9 Å². The van der Waals surface area contributed by atoms with Gasteiger partial charge in [0.15, 0.2) is 0 Å². The van der Waals surface area contributed by atoms with E-state index in [2.05, 4.69) is 4.74 Å². The summed E-state index contributed by atoms with van der Waals surface area (Å²) < 4.78 is 4.08. The highest BCUT2D eigenvalue weighted by Gasteiger charge is 2.21. The highest BCUT2D eigenvalue weighted by Crippen LogP contribution is 2.03. The van der Waals surface area contributed by atoms with Gasteiger partial charge in [0.1, 0.15) is 0 Å². The Morgan fingerprint density at radius 3 is 2.23 bits per heavy atom. The molecular weight excluding hydrogens is 180 g/mol. The van der Waals surface area contributed by atoms with E-state index in [1.807, 2.05) is 0 Å². The molecule has 13 heavy (non-hydrogen) atoms. The maximum absolute atomic E-state index is 10.7. The zero-order valence-corrected chi connectivity index (χ0v) is 7.02. The Hall–Kier alpha value is -1.43. The summed E-state index contributed by atoms with van der Waals surface area (Å²) in [6.45, 7) is 0.370. The van der Waals surface area contributed by atoms with E-state index in [0.29, 0.717) is 0 Å². The monoisotopic (exact) mass is 190 g/mol. The van der Waals surface area contributed by atoms with Crippen LogP contribution < -0.4 is 0 Å². The Kier molecular flexibility index (Phi) is 4.68. The minimum Gasteiger partial charge on any atom is -0.481 e. The third-order valence-electron chi connectivity index (χ3n) is 1.24. The number of esters is 2. The fraction of sp³-hybridized carbons (Fsp3) is 0.571. The summed E-state index contributed by atoms with van der Waals surface area (Å²) in [5.74, 6) is -4.27. The molecule has 0 aliphatic rings. The van der Waals surface area contributed by atoms with E-state index in [1.165, 1.54) is 0 Å². The number of carboxylic acid groups (broad SMARTS) is 1. The number of hydrogen-bond donors (Lipinski definition) is 2. The zero-order chi connectivity index (χ0) is 10.4. The molecule has 0 aliphatic carbocycles. The van der Waals surface area contributed by atoms with Crippen molar-refractivity contribution in [2.24, 2.45) is 5.92 Å². The van der Waals surface area contributed by atoms with Gasteiger partial charge in [0.25, 0.3) is 0 Å². The summed E-state index contributed by atoms with van der Waals surface area (Å²) in [6.07, 6.45) is -0.509. The fourth-order valence-electron chi connectivity index (χ4n) is 0.633. The molecule has 0 heterocycles. The summed E-state index contributed by atoms with van der Waals surface area (Å²) in [4.78, 5) is 31.2. The molecule has 0 unspecified atom stereocenters. The largest absolute Gasteiger partial charge is 0.481 e. The van der Waals surface area contributed by atoms with Gasteiger partial charge in [-0.15, -0.1) is 0 Å². The average Bonchev–Trinajstić information content (AvgIpc) is 1.98. The molecule has 0 amide bonds. The van der Waals surface area contributed by atoms with Gasteiger partial charge in [0.2, 0.25) is 0 Å². The van der Waals surface area contributed by atoms with Crippen LogP contribution in [-0.2, 0) is 19.1 Å². The van der Waals surface area contributed by atoms with Gasteiger partial charge in [-0.1, -0.05) is 0 Å². The van der Waals surface area contributed by atoms with Crippen LogP contribution in [-0.4, -0.2) is 34.7 Å².